The number of rotatable bonds is 6. The van der Waals surface area contributed by atoms with Crippen molar-refractivity contribution in [3.8, 4) is 11.5 Å². The predicted molar refractivity (Wildman–Crippen MR) is 102 cm³/mol. The predicted octanol–water partition coefficient (Wildman–Crippen LogP) is 4.57. The number of phenolic OH excluding ortho intramolecular Hbond substituents is 1. The van der Waals surface area contributed by atoms with Crippen LogP contribution >= 0.6 is 0 Å². The molecule has 0 aliphatic carbocycles. The number of nitrogen functional groups attached to an aromatic ring is 1. The van der Waals surface area contributed by atoms with Crippen molar-refractivity contribution in [3.05, 3.63) is 59.2 Å². The first kappa shape index (κ1) is 18.6. The molecule has 0 saturated carbocycles. The van der Waals surface area contributed by atoms with Gasteiger partial charge in [0.05, 0.1) is 7.11 Å². The van der Waals surface area contributed by atoms with E-state index in [1.54, 1.807) is 43.5 Å². The lowest BCUT2D eigenvalue weighted by molar-refractivity contribution is 0.104. The molecule has 0 spiro atoms. The molecule has 0 atom stereocenters. The van der Waals surface area contributed by atoms with Gasteiger partial charge in [-0.2, -0.15) is 0 Å². The Hall–Kier alpha value is -2.75. The van der Waals surface area contributed by atoms with Crippen molar-refractivity contribution in [2.45, 2.75) is 32.6 Å². The van der Waals surface area contributed by atoms with Crippen molar-refractivity contribution >= 4 is 17.5 Å². The van der Waals surface area contributed by atoms with E-state index in [9.17, 15) is 9.90 Å². The Labute approximate surface area is 148 Å². The summed E-state index contributed by atoms with van der Waals surface area (Å²) in [7, 11) is 1.54. The highest BCUT2D eigenvalue weighted by Gasteiger charge is 2.23. The fraction of sp³-hybridized carbons (Fsp3) is 0.286. The number of methoxy groups -OCH3 is 1. The fourth-order valence-corrected chi connectivity index (χ4v) is 2.53. The van der Waals surface area contributed by atoms with E-state index in [0.717, 1.165) is 17.5 Å². The van der Waals surface area contributed by atoms with E-state index in [1.165, 1.54) is 6.08 Å². The number of hydrogen-bond acceptors (Lipinski definition) is 4. The Balaban J connectivity index is 2.38. The molecule has 0 aliphatic rings. The molecule has 0 radical (unpaired) electrons. The van der Waals surface area contributed by atoms with Gasteiger partial charge in [0, 0.05) is 28.4 Å². The number of ether oxygens (including phenoxy) is 1. The molecule has 132 valence electrons. The van der Waals surface area contributed by atoms with Gasteiger partial charge >= 0.3 is 0 Å². The van der Waals surface area contributed by atoms with Crippen LogP contribution in [0.15, 0.2) is 42.5 Å². The first-order valence-electron chi connectivity index (χ1n) is 8.28. The lowest BCUT2D eigenvalue weighted by Crippen LogP contribution is -2.16. The lowest BCUT2D eigenvalue weighted by Gasteiger charge is -2.25. The molecule has 2 aromatic carbocycles. The average Bonchev–Trinajstić information content (AvgIpc) is 2.60. The third kappa shape index (κ3) is 4.21. The summed E-state index contributed by atoms with van der Waals surface area (Å²) in [5.74, 6) is 0.603. The second-order valence-corrected chi connectivity index (χ2v) is 6.67. The molecule has 2 aromatic rings. The van der Waals surface area contributed by atoms with Crippen molar-refractivity contribution in [1.29, 1.82) is 0 Å². The normalized spacial score (nSPS) is 11.7. The van der Waals surface area contributed by atoms with Gasteiger partial charge in [0.1, 0.15) is 11.5 Å². The molecular formula is C21H25NO3. The second-order valence-electron chi connectivity index (χ2n) is 6.67. The summed E-state index contributed by atoms with van der Waals surface area (Å²) in [6.45, 7) is 6.22. The molecule has 3 N–H and O–H groups in total. The Morgan fingerprint density at radius 1 is 1.24 bits per heavy atom. The number of phenols is 1. The number of anilines is 1. The number of carbonyl (C=O) groups is 1. The van der Waals surface area contributed by atoms with Crippen LogP contribution in [0.25, 0.3) is 6.08 Å². The van der Waals surface area contributed by atoms with Crippen LogP contribution in [0.3, 0.4) is 0 Å². The van der Waals surface area contributed by atoms with Crippen LogP contribution in [0.1, 0.15) is 48.7 Å². The van der Waals surface area contributed by atoms with E-state index in [4.69, 9.17) is 10.5 Å². The monoisotopic (exact) mass is 339 g/mol. The maximum absolute atomic E-state index is 12.3. The molecule has 0 bridgehead atoms. The zero-order valence-electron chi connectivity index (χ0n) is 15.2. The van der Waals surface area contributed by atoms with E-state index in [1.807, 2.05) is 6.07 Å². The van der Waals surface area contributed by atoms with Gasteiger partial charge in [0.15, 0.2) is 5.78 Å². The first-order chi connectivity index (χ1) is 11.8. The second kappa shape index (κ2) is 7.43. The highest BCUT2D eigenvalue weighted by Crippen LogP contribution is 2.38. The van der Waals surface area contributed by atoms with Crippen molar-refractivity contribution < 1.29 is 14.6 Å². The summed E-state index contributed by atoms with van der Waals surface area (Å²) in [4.78, 5) is 12.3. The Bertz CT molecular complexity index is 790. The van der Waals surface area contributed by atoms with Crippen LogP contribution in [0.4, 0.5) is 5.69 Å². The smallest absolute Gasteiger partial charge is 0.185 e. The van der Waals surface area contributed by atoms with Crippen LogP contribution in [0, 0.1) is 0 Å². The van der Waals surface area contributed by atoms with E-state index < -0.39 is 0 Å². The highest BCUT2D eigenvalue weighted by molar-refractivity contribution is 6.07. The van der Waals surface area contributed by atoms with Crippen LogP contribution < -0.4 is 10.5 Å². The summed E-state index contributed by atoms with van der Waals surface area (Å²) >= 11 is 0. The zero-order valence-corrected chi connectivity index (χ0v) is 15.2. The van der Waals surface area contributed by atoms with Gasteiger partial charge in [-0.1, -0.05) is 20.8 Å². The third-order valence-electron chi connectivity index (χ3n) is 4.57. The topological polar surface area (TPSA) is 72.6 Å². The maximum atomic E-state index is 12.3. The SMILES string of the molecule is CCC(C)(C)c1cc(C=CC(=O)c2ccc(N)cc2)c(OC)cc1O. The number of benzene rings is 2. The number of ketones is 1. The molecule has 4 heteroatoms. The van der Waals surface area contributed by atoms with Crippen LogP contribution in [0.2, 0.25) is 0 Å². The molecule has 2 rings (SSSR count). The third-order valence-corrected chi connectivity index (χ3v) is 4.57. The standard InChI is InChI=1S/C21H25NO3/c1-5-21(2,3)17-12-15(20(25-4)13-19(17)24)8-11-18(23)14-6-9-16(22)10-7-14/h6-13,24H,5,22H2,1-4H3. The largest absolute Gasteiger partial charge is 0.508 e. The number of allylic oxidation sites excluding steroid dienone is 1. The summed E-state index contributed by atoms with van der Waals surface area (Å²) in [5.41, 5.74) is 8.23. The number of hydrogen-bond donors (Lipinski definition) is 2. The Kier molecular flexibility index (Phi) is 5.52. The molecule has 0 heterocycles. The van der Waals surface area contributed by atoms with Gasteiger partial charge in [0.25, 0.3) is 0 Å². The highest BCUT2D eigenvalue weighted by atomic mass is 16.5. The molecular weight excluding hydrogens is 314 g/mol. The Morgan fingerprint density at radius 2 is 1.88 bits per heavy atom. The van der Waals surface area contributed by atoms with E-state index in [0.29, 0.717) is 17.0 Å². The van der Waals surface area contributed by atoms with Gasteiger partial charge in [-0.05, 0) is 54.3 Å². The Morgan fingerprint density at radius 3 is 2.44 bits per heavy atom. The molecule has 4 nitrogen and oxygen atoms in total. The molecule has 25 heavy (non-hydrogen) atoms. The van der Waals surface area contributed by atoms with Gasteiger partial charge in [-0.15, -0.1) is 0 Å². The summed E-state index contributed by atoms with van der Waals surface area (Å²) in [6.07, 6.45) is 4.09. The molecule has 0 aromatic heterocycles. The van der Waals surface area contributed by atoms with Crippen LogP contribution in [0.5, 0.6) is 11.5 Å². The van der Waals surface area contributed by atoms with Crippen molar-refractivity contribution in [2.75, 3.05) is 12.8 Å². The molecule has 0 unspecified atom stereocenters. The van der Waals surface area contributed by atoms with Crippen molar-refractivity contribution in [3.63, 3.8) is 0 Å². The van der Waals surface area contributed by atoms with Crippen LogP contribution in [-0.2, 0) is 5.41 Å². The first-order valence-corrected chi connectivity index (χ1v) is 8.28. The molecule has 0 aliphatic heterocycles. The lowest BCUT2D eigenvalue weighted by atomic mass is 9.81. The summed E-state index contributed by atoms with van der Waals surface area (Å²) in [5, 5.41) is 10.3. The van der Waals surface area contributed by atoms with E-state index in [-0.39, 0.29) is 16.9 Å². The van der Waals surface area contributed by atoms with Gasteiger partial charge in [0.2, 0.25) is 0 Å². The van der Waals surface area contributed by atoms with Crippen LogP contribution in [-0.4, -0.2) is 18.0 Å². The van der Waals surface area contributed by atoms with E-state index >= 15 is 0 Å². The van der Waals surface area contributed by atoms with Gasteiger partial charge in [-0.25, -0.2) is 0 Å². The molecule has 0 saturated heterocycles. The minimum Gasteiger partial charge on any atom is -0.508 e. The summed E-state index contributed by atoms with van der Waals surface area (Å²) in [6, 6.07) is 10.3. The summed E-state index contributed by atoms with van der Waals surface area (Å²) < 4.78 is 5.34. The molecule has 0 fully saturated rings. The van der Waals surface area contributed by atoms with Crippen molar-refractivity contribution in [1.82, 2.24) is 0 Å². The molecule has 0 amide bonds. The number of carbonyl (C=O) groups excluding carboxylic acids is 1. The minimum absolute atomic E-state index is 0.119. The quantitative estimate of drug-likeness (QED) is 0.459. The maximum Gasteiger partial charge on any atom is 0.185 e. The average molecular weight is 339 g/mol. The van der Waals surface area contributed by atoms with Crippen molar-refractivity contribution in [2.24, 2.45) is 0 Å². The fourth-order valence-electron chi connectivity index (χ4n) is 2.53. The number of nitrogens with two attached hydrogens (primary N) is 1. The van der Waals surface area contributed by atoms with E-state index in [2.05, 4.69) is 20.8 Å². The zero-order chi connectivity index (χ0) is 18.6. The van der Waals surface area contributed by atoms with Gasteiger partial charge < -0.3 is 15.6 Å². The van der Waals surface area contributed by atoms with Gasteiger partial charge in [-0.3, -0.25) is 4.79 Å². The minimum atomic E-state index is -0.181. The number of aromatic hydroxyl groups is 1.